The van der Waals surface area contributed by atoms with Crippen LogP contribution in [0.25, 0.3) is 0 Å². The second kappa shape index (κ2) is 5.33. The number of hydrogen-bond donors (Lipinski definition) is 1. The van der Waals surface area contributed by atoms with Gasteiger partial charge in [-0.05, 0) is 12.5 Å². The Bertz CT molecular complexity index is 123. The average Bonchev–Trinajstić information content (AvgIpc) is 2.50. The predicted molar refractivity (Wildman–Crippen MR) is 46.4 cm³/mol. The fourth-order valence-electron chi connectivity index (χ4n) is 1.12. The standard InChI is InChI=1S/C9H17NO/c1-2-3-4-8-11-9-6-5-7-10-9/h5-6,9-10H,2-4,7-8H2,1H3. The first kappa shape index (κ1) is 8.75. The first-order valence-corrected chi connectivity index (χ1v) is 4.45. The maximum atomic E-state index is 5.51. The molecule has 0 aromatic carbocycles. The number of hydrogen-bond acceptors (Lipinski definition) is 2. The molecule has 0 amide bonds. The zero-order valence-corrected chi connectivity index (χ0v) is 7.18. The van der Waals surface area contributed by atoms with Gasteiger partial charge in [-0.15, -0.1) is 0 Å². The molecule has 1 unspecified atom stereocenters. The summed E-state index contributed by atoms with van der Waals surface area (Å²) in [4.78, 5) is 0. The Morgan fingerprint density at radius 3 is 3.09 bits per heavy atom. The number of rotatable bonds is 5. The van der Waals surface area contributed by atoms with Crippen LogP contribution in [0.3, 0.4) is 0 Å². The third kappa shape index (κ3) is 3.54. The fraction of sp³-hybridized carbons (Fsp3) is 0.778. The van der Waals surface area contributed by atoms with Crippen LogP contribution in [-0.2, 0) is 4.74 Å². The molecule has 1 heterocycles. The smallest absolute Gasteiger partial charge is 0.127 e. The average molecular weight is 155 g/mol. The zero-order valence-electron chi connectivity index (χ0n) is 7.18. The molecule has 64 valence electrons. The van der Waals surface area contributed by atoms with Gasteiger partial charge in [0.2, 0.25) is 0 Å². The van der Waals surface area contributed by atoms with Crippen LogP contribution < -0.4 is 5.32 Å². The molecule has 0 saturated carbocycles. The lowest BCUT2D eigenvalue weighted by molar-refractivity contribution is 0.0677. The first-order valence-electron chi connectivity index (χ1n) is 4.45. The molecule has 2 nitrogen and oxygen atoms in total. The van der Waals surface area contributed by atoms with Gasteiger partial charge in [0.05, 0.1) is 0 Å². The summed E-state index contributed by atoms with van der Waals surface area (Å²) in [6.45, 7) is 4.04. The third-order valence-electron chi connectivity index (χ3n) is 1.79. The predicted octanol–water partition coefficient (Wildman–Crippen LogP) is 1.68. The van der Waals surface area contributed by atoms with Gasteiger partial charge in [-0.25, -0.2) is 0 Å². The van der Waals surface area contributed by atoms with Crippen molar-refractivity contribution < 1.29 is 4.74 Å². The molecule has 0 aromatic heterocycles. The van der Waals surface area contributed by atoms with Crippen LogP contribution in [0.2, 0.25) is 0 Å². The maximum Gasteiger partial charge on any atom is 0.127 e. The number of unbranched alkanes of at least 4 members (excludes halogenated alkanes) is 2. The van der Waals surface area contributed by atoms with Crippen LogP contribution in [0.5, 0.6) is 0 Å². The highest BCUT2D eigenvalue weighted by Gasteiger charge is 2.06. The van der Waals surface area contributed by atoms with Crippen molar-refractivity contribution in [2.45, 2.75) is 32.4 Å². The fourth-order valence-corrected chi connectivity index (χ4v) is 1.12. The van der Waals surface area contributed by atoms with E-state index in [1.165, 1.54) is 19.3 Å². The van der Waals surface area contributed by atoms with Gasteiger partial charge < -0.3 is 4.74 Å². The van der Waals surface area contributed by atoms with Gasteiger partial charge in [-0.3, -0.25) is 5.32 Å². The number of ether oxygens (including phenoxy) is 1. The van der Waals surface area contributed by atoms with Crippen molar-refractivity contribution in [3.63, 3.8) is 0 Å². The summed E-state index contributed by atoms with van der Waals surface area (Å²) in [5.74, 6) is 0. The van der Waals surface area contributed by atoms with E-state index in [0.29, 0.717) is 0 Å². The third-order valence-corrected chi connectivity index (χ3v) is 1.79. The molecule has 1 aliphatic heterocycles. The molecule has 0 bridgehead atoms. The quantitative estimate of drug-likeness (QED) is 0.482. The van der Waals surface area contributed by atoms with Gasteiger partial charge in [0, 0.05) is 13.2 Å². The summed E-state index contributed by atoms with van der Waals surface area (Å²) in [6.07, 6.45) is 8.08. The summed E-state index contributed by atoms with van der Waals surface area (Å²) in [6, 6.07) is 0. The second-order valence-electron chi connectivity index (χ2n) is 2.83. The SMILES string of the molecule is CCCCCOC1C=CCN1. The monoisotopic (exact) mass is 155 g/mol. The molecule has 0 aliphatic carbocycles. The minimum Gasteiger partial charge on any atom is -0.360 e. The highest BCUT2D eigenvalue weighted by Crippen LogP contribution is 2.00. The Labute approximate surface area is 68.6 Å². The summed E-state index contributed by atoms with van der Waals surface area (Å²) in [7, 11) is 0. The van der Waals surface area contributed by atoms with Gasteiger partial charge in [0.15, 0.2) is 0 Å². The highest BCUT2D eigenvalue weighted by atomic mass is 16.5. The molecule has 2 heteroatoms. The van der Waals surface area contributed by atoms with Crippen molar-refractivity contribution in [1.29, 1.82) is 0 Å². The molecule has 0 spiro atoms. The molecule has 0 aromatic rings. The number of nitrogens with one attached hydrogen (secondary N) is 1. The van der Waals surface area contributed by atoms with Crippen LogP contribution in [0.4, 0.5) is 0 Å². The summed E-state index contributed by atoms with van der Waals surface area (Å²) >= 11 is 0. The summed E-state index contributed by atoms with van der Waals surface area (Å²) in [5.41, 5.74) is 0. The largest absolute Gasteiger partial charge is 0.360 e. The van der Waals surface area contributed by atoms with E-state index >= 15 is 0 Å². The molecule has 1 N–H and O–H groups in total. The molecular weight excluding hydrogens is 138 g/mol. The van der Waals surface area contributed by atoms with E-state index in [4.69, 9.17) is 4.74 Å². The lowest BCUT2D eigenvalue weighted by atomic mass is 10.3. The normalized spacial score (nSPS) is 22.8. The van der Waals surface area contributed by atoms with E-state index in [-0.39, 0.29) is 6.23 Å². The van der Waals surface area contributed by atoms with Gasteiger partial charge >= 0.3 is 0 Å². The van der Waals surface area contributed by atoms with E-state index in [0.717, 1.165) is 13.2 Å². The Hall–Kier alpha value is -0.340. The molecule has 1 aliphatic rings. The maximum absolute atomic E-state index is 5.51. The lowest BCUT2D eigenvalue weighted by Crippen LogP contribution is -2.25. The van der Waals surface area contributed by atoms with Gasteiger partial charge in [0.25, 0.3) is 0 Å². The Morgan fingerprint density at radius 1 is 1.55 bits per heavy atom. The van der Waals surface area contributed by atoms with Crippen LogP contribution in [-0.4, -0.2) is 19.4 Å². The van der Waals surface area contributed by atoms with Gasteiger partial charge in [-0.1, -0.05) is 25.8 Å². The van der Waals surface area contributed by atoms with E-state index < -0.39 is 0 Å². The van der Waals surface area contributed by atoms with E-state index in [1.54, 1.807) is 0 Å². The molecule has 0 fully saturated rings. The molecular formula is C9H17NO. The van der Waals surface area contributed by atoms with Crippen molar-refractivity contribution in [1.82, 2.24) is 5.32 Å². The van der Waals surface area contributed by atoms with Gasteiger partial charge in [-0.2, -0.15) is 0 Å². The molecule has 0 radical (unpaired) electrons. The second-order valence-corrected chi connectivity index (χ2v) is 2.83. The van der Waals surface area contributed by atoms with Crippen molar-refractivity contribution >= 4 is 0 Å². The minimum atomic E-state index is 0.187. The highest BCUT2D eigenvalue weighted by molar-refractivity contribution is 4.97. The molecule has 0 saturated heterocycles. The first-order chi connectivity index (χ1) is 5.43. The van der Waals surface area contributed by atoms with E-state index in [1.807, 2.05) is 0 Å². The van der Waals surface area contributed by atoms with E-state index in [2.05, 4.69) is 24.4 Å². The Balaban J connectivity index is 1.90. The minimum absolute atomic E-state index is 0.187. The molecule has 1 rings (SSSR count). The van der Waals surface area contributed by atoms with Crippen LogP contribution >= 0.6 is 0 Å². The summed E-state index contributed by atoms with van der Waals surface area (Å²) < 4.78 is 5.51. The van der Waals surface area contributed by atoms with E-state index in [9.17, 15) is 0 Å². The van der Waals surface area contributed by atoms with Crippen LogP contribution in [0.1, 0.15) is 26.2 Å². The van der Waals surface area contributed by atoms with Crippen LogP contribution in [0.15, 0.2) is 12.2 Å². The molecule has 1 atom stereocenters. The Kier molecular flexibility index (Phi) is 4.24. The van der Waals surface area contributed by atoms with Crippen molar-refractivity contribution in [3.8, 4) is 0 Å². The van der Waals surface area contributed by atoms with Crippen molar-refractivity contribution in [2.75, 3.05) is 13.2 Å². The molecule has 11 heavy (non-hydrogen) atoms. The van der Waals surface area contributed by atoms with Crippen molar-refractivity contribution in [2.24, 2.45) is 0 Å². The van der Waals surface area contributed by atoms with Gasteiger partial charge in [0.1, 0.15) is 6.23 Å². The van der Waals surface area contributed by atoms with Crippen molar-refractivity contribution in [3.05, 3.63) is 12.2 Å². The zero-order chi connectivity index (χ0) is 7.94. The Morgan fingerprint density at radius 2 is 2.45 bits per heavy atom. The summed E-state index contributed by atoms with van der Waals surface area (Å²) in [5, 5.41) is 3.20. The lowest BCUT2D eigenvalue weighted by Gasteiger charge is -2.09. The van der Waals surface area contributed by atoms with Crippen LogP contribution in [0, 0.1) is 0 Å². The topological polar surface area (TPSA) is 21.3 Å².